The Kier molecular flexibility index (Phi) is 3.02. The minimum Gasteiger partial charge on any atom is -0.360 e. The van der Waals surface area contributed by atoms with Gasteiger partial charge in [0.25, 0.3) is 0 Å². The number of nitrogens with one attached hydrogen (secondary N) is 1. The molecule has 1 aliphatic carbocycles. The van der Waals surface area contributed by atoms with Gasteiger partial charge in [0.05, 0.1) is 11.7 Å². The van der Waals surface area contributed by atoms with E-state index in [2.05, 4.69) is 23.0 Å². The minimum absolute atomic E-state index is 0.548. The number of aliphatic imine (C=N–C) groups is 1. The monoisotopic (exact) mass is 190 g/mol. The molecule has 0 aromatic carbocycles. The third kappa shape index (κ3) is 2.25. The van der Waals surface area contributed by atoms with E-state index in [9.17, 15) is 0 Å². The summed E-state index contributed by atoms with van der Waals surface area (Å²) in [6, 6.07) is 4.61. The van der Waals surface area contributed by atoms with Crippen molar-refractivity contribution in [3.05, 3.63) is 24.0 Å². The highest BCUT2D eigenvalue weighted by molar-refractivity contribution is 5.77. The second-order valence-corrected chi connectivity index (χ2v) is 4.23. The summed E-state index contributed by atoms with van der Waals surface area (Å²) in [6.45, 7) is 2.32. The van der Waals surface area contributed by atoms with Gasteiger partial charge in [0.2, 0.25) is 0 Å². The molecular weight excluding hydrogens is 172 g/mol. The van der Waals surface area contributed by atoms with Crippen molar-refractivity contribution in [2.75, 3.05) is 0 Å². The van der Waals surface area contributed by atoms with Crippen LogP contribution in [0.5, 0.6) is 0 Å². The lowest BCUT2D eigenvalue weighted by Gasteiger charge is -2.24. The van der Waals surface area contributed by atoms with E-state index in [1.165, 1.54) is 25.7 Å². The van der Waals surface area contributed by atoms with Crippen molar-refractivity contribution in [2.45, 2.75) is 38.6 Å². The number of H-pyrrole nitrogens is 1. The van der Waals surface area contributed by atoms with Crippen molar-refractivity contribution in [1.82, 2.24) is 4.98 Å². The molecule has 0 saturated heterocycles. The molecule has 0 radical (unpaired) electrons. The van der Waals surface area contributed by atoms with Crippen molar-refractivity contribution in [3.63, 3.8) is 0 Å². The Hall–Kier alpha value is -1.05. The summed E-state index contributed by atoms with van der Waals surface area (Å²) in [6.07, 6.45) is 9.25. The van der Waals surface area contributed by atoms with Crippen molar-refractivity contribution in [2.24, 2.45) is 10.9 Å². The van der Waals surface area contributed by atoms with Gasteiger partial charge in [-0.1, -0.05) is 19.8 Å². The normalized spacial score (nSPS) is 28.4. The lowest BCUT2D eigenvalue weighted by Crippen LogP contribution is -2.20. The topological polar surface area (TPSA) is 28.1 Å². The Morgan fingerprint density at radius 3 is 3.00 bits per heavy atom. The zero-order valence-corrected chi connectivity index (χ0v) is 8.74. The van der Waals surface area contributed by atoms with Gasteiger partial charge in [-0.2, -0.15) is 0 Å². The van der Waals surface area contributed by atoms with Crippen LogP contribution in [0.3, 0.4) is 0 Å². The van der Waals surface area contributed by atoms with Gasteiger partial charge in [0, 0.05) is 12.4 Å². The molecule has 1 aliphatic rings. The van der Waals surface area contributed by atoms with Gasteiger partial charge in [-0.15, -0.1) is 0 Å². The predicted molar refractivity (Wildman–Crippen MR) is 59.8 cm³/mol. The smallest absolute Gasteiger partial charge is 0.0561 e. The van der Waals surface area contributed by atoms with E-state index in [1.54, 1.807) is 0 Å². The summed E-state index contributed by atoms with van der Waals surface area (Å²) in [4.78, 5) is 7.79. The van der Waals surface area contributed by atoms with Gasteiger partial charge < -0.3 is 4.98 Å². The van der Waals surface area contributed by atoms with Gasteiger partial charge in [0.1, 0.15) is 0 Å². The van der Waals surface area contributed by atoms with Crippen molar-refractivity contribution in [3.8, 4) is 0 Å². The van der Waals surface area contributed by atoms with Gasteiger partial charge in [0.15, 0.2) is 0 Å². The fraction of sp³-hybridized carbons (Fsp3) is 0.583. The first kappa shape index (κ1) is 9.50. The van der Waals surface area contributed by atoms with E-state index >= 15 is 0 Å². The van der Waals surface area contributed by atoms with Gasteiger partial charge in [-0.25, -0.2) is 0 Å². The Morgan fingerprint density at radius 2 is 2.29 bits per heavy atom. The Balaban J connectivity index is 1.95. The average Bonchev–Trinajstić information content (AvgIpc) is 2.69. The molecule has 1 aromatic rings. The lowest BCUT2D eigenvalue weighted by molar-refractivity contribution is 0.333. The van der Waals surface area contributed by atoms with Crippen LogP contribution in [0.1, 0.15) is 38.3 Å². The molecule has 1 fully saturated rings. The van der Waals surface area contributed by atoms with E-state index in [1.807, 2.05) is 18.5 Å². The summed E-state index contributed by atoms with van der Waals surface area (Å²) < 4.78 is 0. The third-order valence-electron chi connectivity index (χ3n) is 3.09. The van der Waals surface area contributed by atoms with E-state index in [4.69, 9.17) is 0 Å². The van der Waals surface area contributed by atoms with Gasteiger partial charge in [-0.05, 0) is 30.9 Å². The molecule has 0 aliphatic heterocycles. The molecule has 1 N–H and O–H groups in total. The average molecular weight is 190 g/mol. The molecule has 76 valence electrons. The molecule has 1 aromatic heterocycles. The van der Waals surface area contributed by atoms with Crippen LogP contribution in [0.15, 0.2) is 23.3 Å². The largest absolute Gasteiger partial charge is 0.360 e. The van der Waals surface area contributed by atoms with E-state index in [0.717, 1.165) is 11.6 Å². The van der Waals surface area contributed by atoms with Crippen molar-refractivity contribution in [1.29, 1.82) is 0 Å². The van der Waals surface area contributed by atoms with Gasteiger partial charge in [-0.3, -0.25) is 4.99 Å². The maximum Gasteiger partial charge on any atom is 0.0561 e. The first-order valence-corrected chi connectivity index (χ1v) is 5.53. The van der Waals surface area contributed by atoms with Crippen molar-refractivity contribution >= 4 is 6.21 Å². The van der Waals surface area contributed by atoms with E-state index in [0.29, 0.717) is 6.04 Å². The molecule has 2 unspecified atom stereocenters. The molecule has 0 amide bonds. The Morgan fingerprint density at radius 1 is 1.43 bits per heavy atom. The maximum atomic E-state index is 4.65. The van der Waals surface area contributed by atoms with Crippen LogP contribution in [-0.2, 0) is 0 Å². The van der Waals surface area contributed by atoms with Crippen LogP contribution in [0.2, 0.25) is 0 Å². The van der Waals surface area contributed by atoms with Crippen LogP contribution in [-0.4, -0.2) is 17.2 Å². The highest BCUT2D eigenvalue weighted by Gasteiger charge is 2.19. The van der Waals surface area contributed by atoms with Crippen LogP contribution in [0.25, 0.3) is 0 Å². The molecule has 14 heavy (non-hydrogen) atoms. The highest BCUT2D eigenvalue weighted by Crippen LogP contribution is 2.26. The number of aromatic nitrogens is 1. The Bertz CT molecular complexity index is 287. The zero-order valence-electron chi connectivity index (χ0n) is 8.74. The number of hydrogen-bond donors (Lipinski definition) is 1. The van der Waals surface area contributed by atoms with Gasteiger partial charge >= 0.3 is 0 Å². The molecule has 1 saturated carbocycles. The van der Waals surface area contributed by atoms with Crippen molar-refractivity contribution < 1.29 is 0 Å². The second kappa shape index (κ2) is 4.45. The van der Waals surface area contributed by atoms with Crippen LogP contribution in [0.4, 0.5) is 0 Å². The van der Waals surface area contributed by atoms with E-state index in [-0.39, 0.29) is 0 Å². The standard InChI is InChI=1S/C12H18N2/c1-10-5-2-3-7-12(10)14-9-11-6-4-8-13-11/h4,6,8-10,12-13H,2-3,5,7H2,1H3/b14-9+. The second-order valence-electron chi connectivity index (χ2n) is 4.23. The molecule has 2 rings (SSSR count). The first-order chi connectivity index (χ1) is 6.86. The zero-order chi connectivity index (χ0) is 9.80. The quantitative estimate of drug-likeness (QED) is 0.694. The number of hydrogen-bond acceptors (Lipinski definition) is 1. The molecular formula is C12H18N2. The fourth-order valence-electron chi connectivity index (χ4n) is 2.12. The molecule has 0 spiro atoms. The number of rotatable bonds is 2. The summed E-state index contributed by atoms with van der Waals surface area (Å²) in [5.74, 6) is 0.759. The van der Waals surface area contributed by atoms with Crippen LogP contribution < -0.4 is 0 Å². The number of nitrogens with zero attached hydrogens (tertiary/aromatic N) is 1. The molecule has 0 bridgehead atoms. The maximum absolute atomic E-state index is 4.65. The lowest BCUT2D eigenvalue weighted by atomic mass is 9.86. The summed E-state index contributed by atoms with van der Waals surface area (Å²) in [7, 11) is 0. The predicted octanol–water partition coefficient (Wildman–Crippen LogP) is 3.01. The Labute approximate surface area is 85.4 Å². The molecule has 1 heterocycles. The SMILES string of the molecule is CC1CCCCC1/N=C/c1ccc[nH]1. The third-order valence-corrected chi connectivity index (χ3v) is 3.09. The van der Waals surface area contributed by atoms with Crippen LogP contribution >= 0.6 is 0 Å². The highest BCUT2D eigenvalue weighted by atomic mass is 14.8. The molecule has 2 heteroatoms. The summed E-state index contributed by atoms with van der Waals surface area (Å²) in [5, 5.41) is 0. The van der Waals surface area contributed by atoms with Crippen LogP contribution in [0, 0.1) is 5.92 Å². The summed E-state index contributed by atoms with van der Waals surface area (Å²) in [5.41, 5.74) is 1.11. The van der Waals surface area contributed by atoms with E-state index < -0.39 is 0 Å². The number of aromatic amines is 1. The fourth-order valence-corrected chi connectivity index (χ4v) is 2.12. The minimum atomic E-state index is 0.548. The molecule has 2 atom stereocenters. The summed E-state index contributed by atoms with van der Waals surface area (Å²) >= 11 is 0. The molecule has 2 nitrogen and oxygen atoms in total. The first-order valence-electron chi connectivity index (χ1n) is 5.53.